The Morgan fingerprint density at radius 2 is 1.95 bits per heavy atom. The second kappa shape index (κ2) is 7.76. The van der Waals surface area contributed by atoms with E-state index in [4.69, 9.17) is 0 Å². The molecule has 5 nitrogen and oxygen atoms in total. The van der Waals surface area contributed by atoms with Crippen LogP contribution < -0.4 is 5.32 Å². The highest BCUT2D eigenvalue weighted by Crippen LogP contribution is 2.19. The molecular formula is C14H26N2O3S. The van der Waals surface area contributed by atoms with Gasteiger partial charge in [-0.05, 0) is 12.3 Å². The second-order valence-electron chi connectivity index (χ2n) is 5.50. The van der Waals surface area contributed by atoms with Gasteiger partial charge in [0.25, 0.3) is 0 Å². The van der Waals surface area contributed by atoms with Crippen molar-refractivity contribution >= 4 is 22.6 Å². The standard InChI is InChI=1S/C14H26N2O3S/c1-5-7-11-14(18)16(8-9-20(19)6-2)12(10(3)4)13(17)15-11/h10-12H,5-9H2,1-4H3,(H,15,17). The van der Waals surface area contributed by atoms with Crippen LogP contribution in [0.5, 0.6) is 0 Å². The van der Waals surface area contributed by atoms with Gasteiger partial charge in [0, 0.05) is 28.9 Å². The summed E-state index contributed by atoms with van der Waals surface area (Å²) in [7, 11) is -0.924. The fourth-order valence-corrected chi connectivity index (χ4v) is 3.23. The summed E-state index contributed by atoms with van der Waals surface area (Å²) in [5, 5.41) is 2.82. The third kappa shape index (κ3) is 4.04. The number of nitrogens with one attached hydrogen (secondary N) is 1. The van der Waals surface area contributed by atoms with Crippen molar-refractivity contribution in [1.82, 2.24) is 10.2 Å². The summed E-state index contributed by atoms with van der Waals surface area (Å²) in [4.78, 5) is 26.3. The van der Waals surface area contributed by atoms with Crippen LogP contribution in [0.3, 0.4) is 0 Å². The maximum atomic E-state index is 12.5. The van der Waals surface area contributed by atoms with Gasteiger partial charge in [-0.25, -0.2) is 0 Å². The van der Waals surface area contributed by atoms with Crippen molar-refractivity contribution in [2.24, 2.45) is 5.92 Å². The highest BCUT2D eigenvalue weighted by molar-refractivity contribution is 7.84. The Morgan fingerprint density at radius 1 is 1.30 bits per heavy atom. The largest absolute Gasteiger partial charge is 0.342 e. The minimum Gasteiger partial charge on any atom is -0.342 e. The Morgan fingerprint density at radius 3 is 2.45 bits per heavy atom. The zero-order chi connectivity index (χ0) is 15.3. The molecule has 0 aromatic heterocycles. The summed E-state index contributed by atoms with van der Waals surface area (Å²) >= 11 is 0. The molecule has 1 aliphatic rings. The predicted molar refractivity (Wildman–Crippen MR) is 80.7 cm³/mol. The fourth-order valence-electron chi connectivity index (χ4n) is 2.54. The Balaban J connectivity index is 2.86. The van der Waals surface area contributed by atoms with Gasteiger partial charge in [0.2, 0.25) is 11.8 Å². The Labute approximate surface area is 123 Å². The summed E-state index contributed by atoms with van der Waals surface area (Å²) in [6.45, 7) is 8.11. The second-order valence-corrected chi connectivity index (χ2v) is 7.37. The van der Waals surface area contributed by atoms with E-state index < -0.39 is 22.9 Å². The molecule has 20 heavy (non-hydrogen) atoms. The lowest BCUT2D eigenvalue weighted by Crippen LogP contribution is -2.65. The summed E-state index contributed by atoms with van der Waals surface area (Å²) in [6.07, 6.45) is 1.50. The van der Waals surface area contributed by atoms with Crippen LogP contribution in [0.15, 0.2) is 0 Å². The van der Waals surface area contributed by atoms with Crippen molar-refractivity contribution in [2.75, 3.05) is 18.1 Å². The van der Waals surface area contributed by atoms with E-state index in [1.807, 2.05) is 27.7 Å². The lowest BCUT2D eigenvalue weighted by Gasteiger charge is -2.40. The average Bonchev–Trinajstić information content (AvgIpc) is 2.39. The van der Waals surface area contributed by atoms with Crippen molar-refractivity contribution in [3.8, 4) is 0 Å². The predicted octanol–water partition coefficient (Wildman–Crippen LogP) is 0.907. The van der Waals surface area contributed by atoms with Crippen molar-refractivity contribution in [2.45, 2.75) is 52.6 Å². The van der Waals surface area contributed by atoms with Gasteiger partial charge in [-0.3, -0.25) is 13.8 Å². The van der Waals surface area contributed by atoms with Gasteiger partial charge in [-0.15, -0.1) is 0 Å². The van der Waals surface area contributed by atoms with E-state index in [0.717, 1.165) is 6.42 Å². The third-order valence-corrected chi connectivity index (χ3v) is 4.87. The topological polar surface area (TPSA) is 66.5 Å². The van der Waals surface area contributed by atoms with Crippen molar-refractivity contribution in [1.29, 1.82) is 0 Å². The molecule has 1 fully saturated rings. The first-order valence-corrected chi connectivity index (χ1v) is 8.86. The minimum atomic E-state index is -0.924. The smallest absolute Gasteiger partial charge is 0.245 e. The molecule has 0 saturated carbocycles. The van der Waals surface area contributed by atoms with Crippen LogP contribution in [0.4, 0.5) is 0 Å². The average molecular weight is 302 g/mol. The van der Waals surface area contributed by atoms with E-state index in [2.05, 4.69) is 5.32 Å². The summed E-state index contributed by atoms with van der Waals surface area (Å²) in [6, 6.07) is -0.859. The molecule has 1 aliphatic heterocycles. The molecule has 1 N–H and O–H groups in total. The molecule has 0 aliphatic carbocycles. The SMILES string of the molecule is CCCC1NC(=O)C(C(C)C)N(CCS(=O)CC)C1=O. The zero-order valence-electron chi connectivity index (χ0n) is 12.8. The highest BCUT2D eigenvalue weighted by atomic mass is 32.2. The van der Waals surface area contributed by atoms with Gasteiger partial charge in [-0.1, -0.05) is 34.1 Å². The van der Waals surface area contributed by atoms with Gasteiger partial charge in [0.15, 0.2) is 0 Å². The van der Waals surface area contributed by atoms with E-state index in [-0.39, 0.29) is 17.7 Å². The van der Waals surface area contributed by atoms with Crippen LogP contribution in [0.25, 0.3) is 0 Å². The van der Waals surface area contributed by atoms with Crippen LogP contribution in [0.1, 0.15) is 40.5 Å². The molecule has 116 valence electrons. The number of hydrogen-bond acceptors (Lipinski definition) is 3. The number of piperazine rings is 1. The molecule has 1 rings (SSSR count). The molecule has 1 saturated heterocycles. The van der Waals surface area contributed by atoms with Gasteiger partial charge >= 0.3 is 0 Å². The highest BCUT2D eigenvalue weighted by Gasteiger charge is 2.41. The number of carbonyl (C=O) groups excluding carboxylic acids is 2. The van der Waals surface area contributed by atoms with E-state index in [9.17, 15) is 13.8 Å². The normalized spacial score (nSPS) is 24.9. The van der Waals surface area contributed by atoms with E-state index in [0.29, 0.717) is 24.5 Å². The monoisotopic (exact) mass is 302 g/mol. The minimum absolute atomic E-state index is 0.0294. The zero-order valence-corrected chi connectivity index (χ0v) is 13.7. The van der Waals surface area contributed by atoms with Gasteiger partial charge < -0.3 is 10.2 Å². The Hall–Kier alpha value is -0.910. The first kappa shape index (κ1) is 17.1. The Kier molecular flexibility index (Phi) is 6.65. The molecular weight excluding hydrogens is 276 g/mol. The molecule has 6 heteroatoms. The van der Waals surface area contributed by atoms with Gasteiger partial charge in [0.1, 0.15) is 12.1 Å². The maximum absolute atomic E-state index is 12.5. The Bertz CT molecular complexity index is 385. The number of hydrogen-bond donors (Lipinski definition) is 1. The number of nitrogens with zero attached hydrogens (tertiary/aromatic N) is 1. The van der Waals surface area contributed by atoms with Crippen molar-refractivity contribution in [3.05, 3.63) is 0 Å². The van der Waals surface area contributed by atoms with Crippen molar-refractivity contribution in [3.63, 3.8) is 0 Å². The third-order valence-electron chi connectivity index (χ3n) is 3.59. The first-order valence-electron chi connectivity index (χ1n) is 7.38. The quantitative estimate of drug-likeness (QED) is 0.760. The number of carbonyl (C=O) groups is 2. The van der Waals surface area contributed by atoms with E-state index >= 15 is 0 Å². The molecule has 2 amide bonds. The molecule has 0 aromatic rings. The first-order chi connectivity index (χ1) is 9.42. The summed E-state index contributed by atoms with van der Waals surface area (Å²) in [5.41, 5.74) is 0. The van der Waals surface area contributed by atoms with Crippen LogP contribution in [0.2, 0.25) is 0 Å². The van der Waals surface area contributed by atoms with Gasteiger partial charge in [0.05, 0.1) is 0 Å². The van der Waals surface area contributed by atoms with Crippen LogP contribution in [-0.2, 0) is 20.4 Å². The molecule has 0 bridgehead atoms. The van der Waals surface area contributed by atoms with E-state index in [1.54, 1.807) is 4.90 Å². The molecule has 0 radical (unpaired) electrons. The van der Waals surface area contributed by atoms with Gasteiger partial charge in [-0.2, -0.15) is 0 Å². The summed E-state index contributed by atoms with van der Waals surface area (Å²) < 4.78 is 11.6. The van der Waals surface area contributed by atoms with Crippen molar-refractivity contribution < 1.29 is 13.8 Å². The van der Waals surface area contributed by atoms with Crippen LogP contribution in [-0.4, -0.2) is 51.1 Å². The summed E-state index contributed by atoms with van der Waals surface area (Å²) in [5.74, 6) is 0.964. The lowest BCUT2D eigenvalue weighted by atomic mass is 9.96. The van der Waals surface area contributed by atoms with Crippen LogP contribution in [0, 0.1) is 5.92 Å². The number of amides is 2. The number of rotatable bonds is 7. The lowest BCUT2D eigenvalue weighted by molar-refractivity contribution is -0.151. The molecule has 1 heterocycles. The molecule has 3 unspecified atom stereocenters. The molecule has 3 atom stereocenters. The van der Waals surface area contributed by atoms with Crippen LogP contribution >= 0.6 is 0 Å². The van der Waals surface area contributed by atoms with E-state index in [1.165, 1.54) is 0 Å². The molecule has 0 aromatic carbocycles. The fraction of sp³-hybridized carbons (Fsp3) is 0.857. The maximum Gasteiger partial charge on any atom is 0.245 e. The molecule has 0 spiro atoms.